The van der Waals surface area contributed by atoms with Crippen LogP contribution in [0.3, 0.4) is 0 Å². The van der Waals surface area contributed by atoms with Crippen molar-refractivity contribution in [1.29, 1.82) is 0 Å². The zero-order chi connectivity index (χ0) is 12.7. The molecule has 1 aromatic rings. The van der Waals surface area contributed by atoms with Gasteiger partial charge >= 0.3 is 5.69 Å². The van der Waals surface area contributed by atoms with E-state index in [4.69, 9.17) is 4.74 Å². The summed E-state index contributed by atoms with van der Waals surface area (Å²) in [6.07, 6.45) is -3.23. The molecule has 0 saturated carbocycles. The van der Waals surface area contributed by atoms with E-state index in [9.17, 15) is 19.4 Å². The predicted octanol–water partition coefficient (Wildman–Crippen LogP) is -0.670. The molecule has 0 bridgehead atoms. The van der Waals surface area contributed by atoms with E-state index in [0.29, 0.717) is 0 Å². The zero-order valence-electron chi connectivity index (χ0n) is 9.37. The lowest BCUT2D eigenvalue weighted by Crippen LogP contribution is -2.35. The Kier molecular flexibility index (Phi) is 2.98. The first-order valence-corrected chi connectivity index (χ1v) is 5.18. The number of hydrogen-bond donors (Lipinski definition) is 2. The highest BCUT2D eigenvalue weighted by molar-refractivity contribution is 5.01. The number of ether oxygens (including phenoxy) is 1. The van der Waals surface area contributed by atoms with E-state index >= 15 is 0 Å². The van der Waals surface area contributed by atoms with Crippen molar-refractivity contribution >= 4 is 0 Å². The highest BCUT2D eigenvalue weighted by atomic mass is 19.1. The van der Waals surface area contributed by atoms with E-state index in [1.807, 2.05) is 0 Å². The lowest BCUT2D eigenvalue weighted by atomic mass is 10.1. The van der Waals surface area contributed by atoms with Crippen molar-refractivity contribution in [2.75, 3.05) is 0 Å². The molecule has 6 nitrogen and oxygen atoms in total. The molecule has 17 heavy (non-hydrogen) atoms. The average Bonchev–Trinajstić information content (AvgIpc) is 2.51. The van der Waals surface area contributed by atoms with Gasteiger partial charge in [0.1, 0.15) is 12.2 Å². The maximum atomic E-state index is 13.3. The summed E-state index contributed by atoms with van der Waals surface area (Å²) in [6.45, 7) is 2.92. The van der Waals surface area contributed by atoms with Crippen molar-refractivity contribution in [3.05, 3.63) is 28.2 Å². The highest BCUT2D eigenvalue weighted by Crippen LogP contribution is 2.27. The predicted molar refractivity (Wildman–Crippen MR) is 54.8 cm³/mol. The standard InChI is InChI=1S/C10H13FN2O4/c1-4-6(11)3-13(10(16)12-4)9-8(15)7(14)5(2)17-9/h3,5,7-9,14-15H,1-2H3/t5?,7?,8?,9-/m1/s1. The molecule has 3 unspecified atom stereocenters. The molecule has 94 valence electrons. The summed E-state index contributed by atoms with van der Waals surface area (Å²) in [4.78, 5) is 15.0. The van der Waals surface area contributed by atoms with Gasteiger partial charge in [-0.25, -0.2) is 9.18 Å². The number of nitrogens with zero attached hydrogens (tertiary/aromatic N) is 2. The molecule has 0 spiro atoms. The van der Waals surface area contributed by atoms with Gasteiger partial charge in [0.05, 0.1) is 11.8 Å². The molecule has 2 N–H and O–H groups in total. The third kappa shape index (κ3) is 1.97. The lowest BCUT2D eigenvalue weighted by molar-refractivity contribution is -0.0356. The molecule has 2 rings (SSSR count). The minimum absolute atomic E-state index is 0.0210. The van der Waals surface area contributed by atoms with Gasteiger partial charge in [-0.1, -0.05) is 0 Å². The van der Waals surface area contributed by atoms with Crippen molar-refractivity contribution in [2.45, 2.75) is 38.4 Å². The number of halogens is 1. The van der Waals surface area contributed by atoms with E-state index in [1.54, 1.807) is 6.92 Å². The van der Waals surface area contributed by atoms with Crippen LogP contribution in [-0.4, -0.2) is 38.1 Å². The van der Waals surface area contributed by atoms with Crippen LogP contribution in [0.1, 0.15) is 18.8 Å². The van der Waals surface area contributed by atoms with Gasteiger partial charge in [-0.3, -0.25) is 4.57 Å². The van der Waals surface area contributed by atoms with Crippen LogP contribution < -0.4 is 5.69 Å². The average molecular weight is 244 g/mol. The lowest BCUT2D eigenvalue weighted by Gasteiger charge is -2.17. The Hall–Kier alpha value is -1.31. The maximum Gasteiger partial charge on any atom is 0.350 e. The fourth-order valence-electron chi connectivity index (χ4n) is 1.77. The molecule has 0 aliphatic carbocycles. The fraction of sp³-hybridized carbons (Fsp3) is 0.600. The second-order valence-corrected chi connectivity index (χ2v) is 4.08. The van der Waals surface area contributed by atoms with Crippen LogP contribution >= 0.6 is 0 Å². The molecule has 2 heterocycles. The van der Waals surface area contributed by atoms with Gasteiger partial charge < -0.3 is 14.9 Å². The Balaban J connectivity index is 2.42. The molecule has 1 fully saturated rings. The van der Waals surface area contributed by atoms with Crippen LogP contribution in [-0.2, 0) is 4.74 Å². The van der Waals surface area contributed by atoms with Crippen LogP contribution in [0.15, 0.2) is 11.0 Å². The molecular weight excluding hydrogens is 231 g/mol. The molecule has 4 atom stereocenters. The molecule has 0 aromatic carbocycles. The summed E-state index contributed by atoms with van der Waals surface area (Å²) in [5, 5.41) is 19.2. The van der Waals surface area contributed by atoms with Gasteiger partial charge in [-0.2, -0.15) is 4.98 Å². The third-order valence-electron chi connectivity index (χ3n) is 2.83. The quantitative estimate of drug-likeness (QED) is 0.684. The van der Waals surface area contributed by atoms with Gasteiger partial charge in [-0.05, 0) is 13.8 Å². The van der Waals surface area contributed by atoms with Gasteiger partial charge in [0, 0.05) is 6.20 Å². The number of aryl methyl sites for hydroxylation is 1. The largest absolute Gasteiger partial charge is 0.388 e. The van der Waals surface area contributed by atoms with Crippen molar-refractivity contribution in [3.8, 4) is 0 Å². The Morgan fingerprint density at radius 2 is 2.12 bits per heavy atom. The summed E-state index contributed by atoms with van der Waals surface area (Å²) in [6, 6.07) is 0. The second kappa shape index (κ2) is 4.17. The van der Waals surface area contributed by atoms with Crippen LogP contribution in [0.4, 0.5) is 4.39 Å². The first-order valence-electron chi connectivity index (χ1n) is 5.18. The van der Waals surface area contributed by atoms with E-state index in [1.165, 1.54) is 6.92 Å². The summed E-state index contributed by atoms with van der Waals surface area (Å²) in [5.41, 5.74) is -0.749. The molecule has 1 aliphatic rings. The second-order valence-electron chi connectivity index (χ2n) is 4.08. The minimum atomic E-state index is -1.29. The van der Waals surface area contributed by atoms with Gasteiger partial charge in [0.15, 0.2) is 12.0 Å². The Bertz CT molecular complexity index is 490. The Labute approximate surface area is 96.3 Å². The molecule has 0 radical (unpaired) electrons. The number of hydrogen-bond acceptors (Lipinski definition) is 5. The first kappa shape index (κ1) is 12.2. The molecular formula is C10H13FN2O4. The zero-order valence-corrected chi connectivity index (χ0v) is 9.37. The van der Waals surface area contributed by atoms with E-state index in [2.05, 4.69) is 4.98 Å². The van der Waals surface area contributed by atoms with Crippen molar-refractivity contribution in [3.63, 3.8) is 0 Å². The summed E-state index contributed by atoms with van der Waals surface area (Å²) < 4.78 is 19.4. The highest BCUT2D eigenvalue weighted by Gasteiger charge is 2.41. The maximum absolute atomic E-state index is 13.3. The number of rotatable bonds is 1. The molecule has 7 heteroatoms. The monoisotopic (exact) mass is 244 g/mol. The Morgan fingerprint density at radius 1 is 1.47 bits per heavy atom. The van der Waals surface area contributed by atoms with Crippen molar-refractivity contribution in [1.82, 2.24) is 9.55 Å². The van der Waals surface area contributed by atoms with Gasteiger partial charge in [-0.15, -0.1) is 0 Å². The summed E-state index contributed by atoms with van der Waals surface area (Å²) in [5.74, 6) is -0.672. The summed E-state index contributed by atoms with van der Waals surface area (Å²) in [7, 11) is 0. The number of aliphatic hydroxyl groups is 2. The van der Waals surface area contributed by atoms with Gasteiger partial charge in [0.2, 0.25) is 0 Å². The topological polar surface area (TPSA) is 84.6 Å². The molecule has 1 aliphatic heterocycles. The number of aromatic nitrogens is 2. The van der Waals surface area contributed by atoms with Crippen molar-refractivity contribution < 1.29 is 19.3 Å². The normalized spacial score (nSPS) is 33.0. The number of aliphatic hydroxyl groups excluding tert-OH is 2. The molecule has 1 aromatic heterocycles. The van der Waals surface area contributed by atoms with Crippen LogP contribution in [0.5, 0.6) is 0 Å². The minimum Gasteiger partial charge on any atom is -0.388 e. The smallest absolute Gasteiger partial charge is 0.350 e. The van der Waals surface area contributed by atoms with Gasteiger partial charge in [0.25, 0.3) is 0 Å². The molecule has 0 amide bonds. The SMILES string of the molecule is Cc1nc(=O)n([C@@H]2OC(C)C(O)C2O)cc1F. The fourth-order valence-corrected chi connectivity index (χ4v) is 1.77. The third-order valence-corrected chi connectivity index (χ3v) is 2.83. The van der Waals surface area contributed by atoms with E-state index in [-0.39, 0.29) is 5.69 Å². The van der Waals surface area contributed by atoms with Crippen LogP contribution in [0.2, 0.25) is 0 Å². The summed E-state index contributed by atoms with van der Waals surface area (Å²) >= 11 is 0. The van der Waals surface area contributed by atoms with E-state index in [0.717, 1.165) is 10.8 Å². The first-order chi connectivity index (χ1) is 7.91. The van der Waals surface area contributed by atoms with Crippen LogP contribution in [0.25, 0.3) is 0 Å². The van der Waals surface area contributed by atoms with Crippen molar-refractivity contribution in [2.24, 2.45) is 0 Å². The van der Waals surface area contributed by atoms with Crippen LogP contribution in [0, 0.1) is 12.7 Å². The molecule has 1 saturated heterocycles. The Morgan fingerprint density at radius 3 is 2.65 bits per heavy atom. The van der Waals surface area contributed by atoms with E-state index < -0.39 is 36.0 Å².